The van der Waals surface area contributed by atoms with Crippen molar-refractivity contribution in [3.8, 4) is 5.75 Å². The molecule has 1 saturated heterocycles. The zero-order chi connectivity index (χ0) is 22.0. The lowest BCUT2D eigenvalue weighted by Crippen LogP contribution is -2.70. The Hall–Kier alpha value is -3.39. The predicted octanol–water partition coefficient (Wildman–Crippen LogP) is 1.94. The van der Waals surface area contributed by atoms with Crippen molar-refractivity contribution in [2.75, 3.05) is 32.3 Å². The number of amides is 3. The molecule has 2 aromatic carbocycles. The first-order valence-electron chi connectivity index (χ1n) is 10.2. The third-order valence-electron chi connectivity index (χ3n) is 5.87. The van der Waals surface area contributed by atoms with Crippen molar-refractivity contribution in [3.05, 3.63) is 59.7 Å². The highest BCUT2D eigenvalue weighted by molar-refractivity contribution is 6.16. The Balaban J connectivity index is 1.69. The topological polar surface area (TPSA) is 88.2 Å². The van der Waals surface area contributed by atoms with Gasteiger partial charge in [-0.3, -0.25) is 19.3 Å². The molecule has 1 atom stereocenters. The standard InChI is InChI=1S/C23H25N3O5/c1-30-14-13-25-21(28)18-5-3-4-6-19(18)26-20(27)11-12-23(25,26)22(29)24-15-16-7-9-17(31-2)10-8-16/h3-10H,11-15H2,1-2H3,(H,24,29)/t23-/m0/s1. The maximum atomic E-state index is 13.6. The molecule has 8 nitrogen and oxygen atoms in total. The number of carbonyl (C=O) groups is 3. The van der Waals surface area contributed by atoms with E-state index in [-0.39, 0.29) is 50.3 Å². The number of fused-ring (bicyclic) bond motifs is 3. The molecule has 0 unspecified atom stereocenters. The summed E-state index contributed by atoms with van der Waals surface area (Å²) in [6.45, 7) is 0.716. The lowest BCUT2D eigenvalue weighted by Gasteiger charge is -2.49. The van der Waals surface area contributed by atoms with E-state index in [0.717, 1.165) is 11.3 Å². The second kappa shape index (κ2) is 8.39. The number of benzene rings is 2. The fraction of sp³-hybridized carbons (Fsp3) is 0.348. The lowest BCUT2D eigenvalue weighted by molar-refractivity contribution is -0.134. The first-order valence-corrected chi connectivity index (χ1v) is 10.2. The average molecular weight is 423 g/mol. The molecule has 0 spiro atoms. The molecule has 8 heteroatoms. The van der Waals surface area contributed by atoms with Gasteiger partial charge in [-0.25, -0.2) is 0 Å². The average Bonchev–Trinajstić information content (AvgIpc) is 3.16. The van der Waals surface area contributed by atoms with Gasteiger partial charge in [0.25, 0.3) is 11.8 Å². The molecular weight excluding hydrogens is 398 g/mol. The summed E-state index contributed by atoms with van der Waals surface area (Å²) in [5, 5.41) is 2.94. The van der Waals surface area contributed by atoms with E-state index in [9.17, 15) is 14.4 Å². The summed E-state index contributed by atoms with van der Waals surface area (Å²) in [6, 6.07) is 14.3. The van der Waals surface area contributed by atoms with E-state index in [1.54, 1.807) is 31.4 Å². The van der Waals surface area contributed by atoms with Crippen LogP contribution in [-0.4, -0.2) is 55.7 Å². The van der Waals surface area contributed by atoms with Gasteiger partial charge >= 0.3 is 0 Å². The molecule has 2 aliphatic rings. The van der Waals surface area contributed by atoms with Crippen LogP contribution >= 0.6 is 0 Å². The highest BCUT2D eigenvalue weighted by Gasteiger charge is 2.60. The SMILES string of the molecule is COCCN1C(=O)c2ccccc2N2C(=O)CC[C@]12C(=O)NCc1ccc(OC)cc1. The van der Waals surface area contributed by atoms with Gasteiger partial charge in [-0.2, -0.15) is 0 Å². The minimum atomic E-state index is -1.41. The van der Waals surface area contributed by atoms with Crippen LogP contribution in [0.1, 0.15) is 28.8 Å². The number of ether oxygens (including phenoxy) is 2. The van der Waals surface area contributed by atoms with Crippen molar-refractivity contribution in [2.24, 2.45) is 0 Å². The van der Waals surface area contributed by atoms with Gasteiger partial charge in [-0.1, -0.05) is 24.3 Å². The minimum absolute atomic E-state index is 0.179. The normalized spacial score (nSPS) is 19.8. The van der Waals surface area contributed by atoms with Gasteiger partial charge in [0.05, 0.1) is 25.0 Å². The Morgan fingerprint density at radius 3 is 2.55 bits per heavy atom. The Bertz CT molecular complexity index is 1010. The Morgan fingerprint density at radius 2 is 1.84 bits per heavy atom. The molecule has 2 aliphatic heterocycles. The fourth-order valence-electron chi connectivity index (χ4n) is 4.34. The summed E-state index contributed by atoms with van der Waals surface area (Å²) in [5.41, 5.74) is 0.358. The van der Waals surface area contributed by atoms with Crippen LogP contribution in [0.2, 0.25) is 0 Å². The van der Waals surface area contributed by atoms with Crippen molar-refractivity contribution in [1.82, 2.24) is 10.2 Å². The molecule has 0 aromatic heterocycles. The quantitative estimate of drug-likeness (QED) is 0.735. The molecule has 31 heavy (non-hydrogen) atoms. The summed E-state index contributed by atoms with van der Waals surface area (Å²) >= 11 is 0. The summed E-state index contributed by atoms with van der Waals surface area (Å²) in [4.78, 5) is 42.9. The number of nitrogens with one attached hydrogen (secondary N) is 1. The van der Waals surface area contributed by atoms with Gasteiger partial charge in [0.1, 0.15) is 5.75 Å². The number of methoxy groups -OCH3 is 2. The van der Waals surface area contributed by atoms with Gasteiger partial charge in [-0.05, 0) is 29.8 Å². The molecule has 0 radical (unpaired) electrons. The van der Waals surface area contributed by atoms with Crippen LogP contribution in [0.15, 0.2) is 48.5 Å². The van der Waals surface area contributed by atoms with E-state index in [1.807, 2.05) is 24.3 Å². The van der Waals surface area contributed by atoms with Gasteiger partial charge in [0.2, 0.25) is 11.6 Å². The van der Waals surface area contributed by atoms with Crippen molar-refractivity contribution in [1.29, 1.82) is 0 Å². The van der Waals surface area contributed by atoms with Gasteiger partial charge in [0.15, 0.2) is 0 Å². The summed E-state index contributed by atoms with van der Waals surface area (Å²) in [5.74, 6) is -0.116. The number of nitrogens with zero attached hydrogens (tertiary/aromatic N) is 2. The lowest BCUT2D eigenvalue weighted by atomic mass is 9.95. The first kappa shape index (κ1) is 20.9. The van der Waals surface area contributed by atoms with Crippen LogP contribution in [0.5, 0.6) is 5.75 Å². The molecule has 0 bridgehead atoms. The van der Waals surface area contributed by atoms with E-state index in [2.05, 4.69) is 5.32 Å². The van der Waals surface area contributed by atoms with Crippen LogP contribution in [0.4, 0.5) is 5.69 Å². The fourth-order valence-corrected chi connectivity index (χ4v) is 4.34. The highest BCUT2D eigenvalue weighted by atomic mass is 16.5. The second-order valence-electron chi connectivity index (χ2n) is 7.54. The Labute approximate surface area is 180 Å². The van der Waals surface area contributed by atoms with Crippen molar-refractivity contribution in [2.45, 2.75) is 25.0 Å². The van der Waals surface area contributed by atoms with Crippen LogP contribution in [0, 0.1) is 0 Å². The van der Waals surface area contributed by atoms with E-state index in [1.165, 1.54) is 16.9 Å². The predicted molar refractivity (Wildman–Crippen MR) is 114 cm³/mol. The number of anilines is 1. The smallest absolute Gasteiger partial charge is 0.267 e. The van der Waals surface area contributed by atoms with Crippen LogP contribution in [0.3, 0.4) is 0 Å². The molecular formula is C23H25N3O5. The van der Waals surface area contributed by atoms with E-state index in [4.69, 9.17) is 9.47 Å². The second-order valence-corrected chi connectivity index (χ2v) is 7.54. The number of rotatable bonds is 7. The van der Waals surface area contributed by atoms with Gasteiger partial charge in [-0.15, -0.1) is 0 Å². The molecule has 1 N–H and O–H groups in total. The maximum Gasteiger partial charge on any atom is 0.267 e. The number of carbonyl (C=O) groups excluding carboxylic acids is 3. The Morgan fingerprint density at radius 1 is 1.10 bits per heavy atom. The number of hydrogen-bond acceptors (Lipinski definition) is 5. The summed E-state index contributed by atoms with van der Waals surface area (Å²) in [6.07, 6.45) is 0.408. The number of para-hydroxylation sites is 1. The Kier molecular flexibility index (Phi) is 5.65. The molecule has 0 saturated carbocycles. The molecule has 4 rings (SSSR count). The summed E-state index contributed by atoms with van der Waals surface area (Å²) < 4.78 is 10.4. The third-order valence-corrected chi connectivity index (χ3v) is 5.87. The molecule has 3 amide bonds. The van der Waals surface area contributed by atoms with E-state index < -0.39 is 5.66 Å². The minimum Gasteiger partial charge on any atom is -0.497 e. The molecule has 1 fully saturated rings. The van der Waals surface area contributed by atoms with E-state index >= 15 is 0 Å². The molecule has 0 aliphatic carbocycles. The van der Waals surface area contributed by atoms with Gasteiger partial charge < -0.3 is 19.7 Å². The van der Waals surface area contributed by atoms with Crippen LogP contribution < -0.4 is 15.0 Å². The maximum absolute atomic E-state index is 13.6. The largest absolute Gasteiger partial charge is 0.497 e. The van der Waals surface area contributed by atoms with Crippen LogP contribution in [0.25, 0.3) is 0 Å². The number of hydrogen-bond donors (Lipinski definition) is 1. The molecule has 162 valence electrons. The summed E-state index contributed by atoms with van der Waals surface area (Å²) in [7, 11) is 3.13. The van der Waals surface area contributed by atoms with Crippen molar-refractivity contribution < 1.29 is 23.9 Å². The molecule has 2 heterocycles. The van der Waals surface area contributed by atoms with Crippen LogP contribution in [-0.2, 0) is 20.9 Å². The monoisotopic (exact) mass is 423 g/mol. The van der Waals surface area contributed by atoms with E-state index in [0.29, 0.717) is 11.3 Å². The van der Waals surface area contributed by atoms with Crippen molar-refractivity contribution >= 4 is 23.4 Å². The first-order chi connectivity index (χ1) is 15.0. The van der Waals surface area contributed by atoms with Crippen molar-refractivity contribution in [3.63, 3.8) is 0 Å². The molecule has 2 aromatic rings. The zero-order valence-electron chi connectivity index (χ0n) is 17.6. The van der Waals surface area contributed by atoms with Gasteiger partial charge in [0, 0.05) is 33.0 Å². The zero-order valence-corrected chi connectivity index (χ0v) is 17.6. The third kappa shape index (κ3) is 3.42. The highest BCUT2D eigenvalue weighted by Crippen LogP contribution is 2.44.